The first kappa shape index (κ1) is 11.9. The third-order valence-electron chi connectivity index (χ3n) is 1.20. The fourth-order valence-electron chi connectivity index (χ4n) is 0.491. The number of halogens is 7. The molecular formula is C5H5ClF6. The van der Waals surface area contributed by atoms with Crippen molar-refractivity contribution in [3.8, 4) is 0 Å². The van der Waals surface area contributed by atoms with Crippen LogP contribution in [0.2, 0.25) is 0 Å². The van der Waals surface area contributed by atoms with Crippen LogP contribution in [-0.4, -0.2) is 24.2 Å². The van der Waals surface area contributed by atoms with E-state index in [4.69, 9.17) is 0 Å². The second-order valence-electron chi connectivity index (χ2n) is 2.19. The molecule has 0 spiro atoms. The van der Waals surface area contributed by atoms with Gasteiger partial charge >= 0.3 is 6.18 Å². The number of rotatable bonds is 3. The highest BCUT2D eigenvalue weighted by Crippen LogP contribution is 2.39. The molecule has 74 valence electrons. The largest absolute Gasteiger partial charge is 0.425 e. The van der Waals surface area contributed by atoms with Crippen LogP contribution in [0.25, 0.3) is 0 Å². The molecule has 7 heteroatoms. The van der Waals surface area contributed by atoms with Crippen LogP contribution in [0, 0.1) is 0 Å². The van der Waals surface area contributed by atoms with Gasteiger partial charge in [-0.05, 0) is 0 Å². The molecule has 0 saturated heterocycles. The Balaban J connectivity index is 4.46. The normalized spacial score (nSPS) is 20.2. The maximum atomic E-state index is 12.5. The van der Waals surface area contributed by atoms with Crippen molar-refractivity contribution in [1.29, 1.82) is 0 Å². The molecule has 0 heterocycles. The Labute approximate surface area is 69.5 Å². The molecule has 0 nitrogen and oxygen atoms in total. The molecule has 0 radical (unpaired) electrons. The fraction of sp³-hybridized carbons (Fsp3) is 1.00. The highest BCUT2D eigenvalue weighted by atomic mass is 35.5. The quantitative estimate of drug-likeness (QED) is 0.500. The molecule has 0 aliphatic carbocycles. The molecule has 2 atom stereocenters. The Bertz CT molecular complexity index is 143. The van der Waals surface area contributed by atoms with Gasteiger partial charge < -0.3 is 0 Å². The molecule has 0 N–H and O–H groups in total. The fourth-order valence-corrected chi connectivity index (χ4v) is 0.735. The third-order valence-corrected chi connectivity index (χ3v) is 1.35. The molecule has 12 heavy (non-hydrogen) atoms. The van der Waals surface area contributed by atoms with Gasteiger partial charge in [0.15, 0.2) is 5.63 Å². The first-order chi connectivity index (χ1) is 5.23. The zero-order valence-corrected chi connectivity index (χ0v) is 6.39. The summed E-state index contributed by atoms with van der Waals surface area (Å²) in [5.74, 6) is 0. The van der Waals surface area contributed by atoms with Gasteiger partial charge in [-0.1, -0.05) is 11.6 Å². The smallest absolute Gasteiger partial charge is 0.247 e. The Morgan fingerprint density at radius 1 is 1.17 bits per heavy atom. The molecule has 0 aliphatic rings. The van der Waals surface area contributed by atoms with E-state index in [1.54, 1.807) is 0 Å². The van der Waals surface area contributed by atoms with Crippen molar-refractivity contribution in [2.45, 2.75) is 23.9 Å². The minimum atomic E-state index is -5.43. The number of alkyl halides is 7. The van der Waals surface area contributed by atoms with Crippen molar-refractivity contribution in [3.63, 3.8) is 0 Å². The zero-order chi connectivity index (χ0) is 9.99. The van der Waals surface area contributed by atoms with Crippen LogP contribution in [-0.2, 0) is 0 Å². The minimum absolute atomic E-state index is 1.73. The van der Waals surface area contributed by atoms with Crippen LogP contribution in [0.1, 0.15) is 6.42 Å². The van der Waals surface area contributed by atoms with E-state index < -0.39 is 30.6 Å². The summed E-state index contributed by atoms with van der Waals surface area (Å²) in [6, 6.07) is 0. The van der Waals surface area contributed by atoms with Crippen molar-refractivity contribution >= 4 is 11.6 Å². The van der Waals surface area contributed by atoms with Gasteiger partial charge in [0.1, 0.15) is 6.67 Å². The molecule has 0 saturated carbocycles. The summed E-state index contributed by atoms with van der Waals surface area (Å²) in [6.45, 7) is -2.33. The first-order valence-corrected chi connectivity index (χ1v) is 3.26. The van der Waals surface area contributed by atoms with Crippen LogP contribution in [0.3, 0.4) is 0 Å². The van der Waals surface area contributed by atoms with Crippen LogP contribution >= 0.6 is 11.6 Å². The van der Waals surface area contributed by atoms with Crippen molar-refractivity contribution in [3.05, 3.63) is 0 Å². The van der Waals surface area contributed by atoms with Crippen LogP contribution in [0.15, 0.2) is 0 Å². The molecule has 0 rings (SSSR count). The van der Waals surface area contributed by atoms with E-state index in [-0.39, 0.29) is 0 Å². The van der Waals surface area contributed by atoms with Gasteiger partial charge in [-0.25, -0.2) is 13.2 Å². The van der Waals surface area contributed by atoms with Gasteiger partial charge in [0.25, 0.3) is 0 Å². The van der Waals surface area contributed by atoms with Crippen molar-refractivity contribution in [1.82, 2.24) is 0 Å². The Hall–Kier alpha value is -0.130. The Morgan fingerprint density at radius 2 is 1.58 bits per heavy atom. The molecular weight excluding hydrogens is 209 g/mol. The third kappa shape index (κ3) is 2.73. The van der Waals surface area contributed by atoms with Gasteiger partial charge in [-0.2, -0.15) is 13.2 Å². The summed E-state index contributed by atoms with van der Waals surface area (Å²) < 4.78 is 70.7. The molecule has 0 aliphatic heterocycles. The Morgan fingerprint density at radius 3 is 1.67 bits per heavy atom. The molecule has 0 fully saturated rings. The minimum Gasteiger partial charge on any atom is -0.247 e. The van der Waals surface area contributed by atoms with Crippen LogP contribution in [0.5, 0.6) is 0 Å². The lowest BCUT2D eigenvalue weighted by Crippen LogP contribution is -2.44. The van der Waals surface area contributed by atoms with Gasteiger partial charge in [-0.15, -0.1) is 0 Å². The van der Waals surface area contributed by atoms with Crippen LogP contribution in [0.4, 0.5) is 26.3 Å². The number of hydrogen-bond acceptors (Lipinski definition) is 0. The number of hydrogen-bond donors (Lipinski definition) is 0. The average Bonchev–Trinajstić information content (AvgIpc) is 1.83. The monoisotopic (exact) mass is 214 g/mol. The van der Waals surface area contributed by atoms with Gasteiger partial charge in [0.2, 0.25) is 5.67 Å². The van der Waals surface area contributed by atoms with E-state index >= 15 is 0 Å². The highest BCUT2D eigenvalue weighted by Gasteiger charge is 2.57. The van der Waals surface area contributed by atoms with Gasteiger partial charge in [0.05, 0.1) is 0 Å². The maximum absolute atomic E-state index is 12.5. The summed E-state index contributed by atoms with van der Waals surface area (Å²) in [5, 5.41) is 0. The molecule has 0 amide bonds. The first-order valence-electron chi connectivity index (χ1n) is 2.82. The van der Waals surface area contributed by atoms with E-state index in [9.17, 15) is 26.3 Å². The average molecular weight is 215 g/mol. The summed E-state index contributed by atoms with van der Waals surface area (Å²) in [5.41, 5.74) is -6.72. The lowest BCUT2D eigenvalue weighted by molar-refractivity contribution is -0.239. The van der Waals surface area contributed by atoms with E-state index in [2.05, 4.69) is 11.6 Å². The maximum Gasteiger partial charge on any atom is 0.425 e. The SMILES string of the molecule is FCC(F)(CC(F)Cl)C(F)(F)F. The molecule has 0 aromatic rings. The summed E-state index contributed by atoms with van der Waals surface area (Å²) in [6.07, 6.45) is -7.16. The van der Waals surface area contributed by atoms with Crippen LogP contribution < -0.4 is 0 Å². The standard InChI is InChI=1S/C5H5ClF6/c6-3(8)1-4(9,2-7)5(10,11)12/h3H,1-2H2. The van der Waals surface area contributed by atoms with E-state index in [0.717, 1.165) is 0 Å². The summed E-state index contributed by atoms with van der Waals surface area (Å²) in [4.78, 5) is 0. The van der Waals surface area contributed by atoms with Gasteiger partial charge in [-0.3, -0.25) is 0 Å². The second-order valence-corrected chi connectivity index (χ2v) is 2.67. The molecule has 2 unspecified atom stereocenters. The van der Waals surface area contributed by atoms with Crippen molar-refractivity contribution < 1.29 is 26.3 Å². The summed E-state index contributed by atoms with van der Waals surface area (Å²) in [7, 11) is 0. The van der Waals surface area contributed by atoms with Crippen molar-refractivity contribution in [2.24, 2.45) is 0 Å². The van der Waals surface area contributed by atoms with E-state index in [1.165, 1.54) is 0 Å². The van der Waals surface area contributed by atoms with E-state index in [1.807, 2.05) is 0 Å². The molecule has 0 aromatic heterocycles. The predicted octanol–water partition coefficient (Wildman–Crippen LogP) is 3.15. The predicted molar refractivity (Wildman–Crippen MR) is 31.2 cm³/mol. The Kier molecular flexibility index (Phi) is 3.68. The molecule has 0 bridgehead atoms. The summed E-state index contributed by atoms with van der Waals surface area (Å²) >= 11 is 4.47. The molecule has 0 aromatic carbocycles. The van der Waals surface area contributed by atoms with Crippen molar-refractivity contribution in [2.75, 3.05) is 6.67 Å². The highest BCUT2D eigenvalue weighted by molar-refractivity contribution is 6.19. The zero-order valence-electron chi connectivity index (χ0n) is 5.64. The topological polar surface area (TPSA) is 0 Å². The second kappa shape index (κ2) is 3.72. The lowest BCUT2D eigenvalue weighted by atomic mass is 10.0. The van der Waals surface area contributed by atoms with E-state index in [0.29, 0.717) is 0 Å². The van der Waals surface area contributed by atoms with Gasteiger partial charge in [0, 0.05) is 6.42 Å². The lowest BCUT2D eigenvalue weighted by Gasteiger charge is -2.24.